The van der Waals surface area contributed by atoms with E-state index in [4.69, 9.17) is 4.74 Å². The van der Waals surface area contributed by atoms with Crippen LogP contribution in [0.3, 0.4) is 0 Å². The van der Waals surface area contributed by atoms with E-state index in [1.54, 1.807) is 30.5 Å². The minimum absolute atomic E-state index is 0.0251. The maximum Gasteiger partial charge on any atom is 0.418 e. The first-order chi connectivity index (χ1) is 16.1. The quantitative estimate of drug-likeness (QED) is 0.580. The van der Waals surface area contributed by atoms with Crippen molar-refractivity contribution >= 4 is 29.2 Å². The van der Waals surface area contributed by atoms with Gasteiger partial charge >= 0.3 is 6.09 Å². The predicted octanol–water partition coefficient (Wildman–Crippen LogP) is 2.47. The van der Waals surface area contributed by atoms with Crippen molar-refractivity contribution in [2.24, 2.45) is 7.05 Å². The maximum atomic E-state index is 12.9. The predicted molar refractivity (Wildman–Crippen MR) is 117 cm³/mol. The van der Waals surface area contributed by atoms with Gasteiger partial charge in [0, 0.05) is 26.1 Å². The van der Waals surface area contributed by atoms with E-state index in [0.717, 1.165) is 31.4 Å². The molecule has 0 bridgehead atoms. The third-order valence-corrected chi connectivity index (χ3v) is 5.54. The van der Waals surface area contributed by atoms with Gasteiger partial charge in [-0.05, 0) is 25.7 Å². The molecule has 1 saturated heterocycles. The lowest BCUT2D eigenvalue weighted by atomic mass is 10.3. The minimum Gasteiger partial charge on any atom is -0.387 e. The summed E-state index contributed by atoms with van der Waals surface area (Å²) in [6, 6.07) is 0. The molecule has 5 rings (SSSR count). The summed E-state index contributed by atoms with van der Waals surface area (Å²) in [4.78, 5) is 44.2. The summed E-state index contributed by atoms with van der Waals surface area (Å²) in [5, 5.41) is 9.78. The molecule has 0 unspecified atom stereocenters. The molecule has 2 amide bonds. The number of amides is 2. The molecule has 0 aromatic carbocycles. The van der Waals surface area contributed by atoms with Crippen LogP contribution in [0.15, 0.2) is 31.1 Å². The number of likely N-dealkylation sites (tertiary alicyclic amines) is 1. The molecule has 3 aromatic heterocycles. The van der Waals surface area contributed by atoms with Crippen LogP contribution >= 0.6 is 0 Å². The van der Waals surface area contributed by atoms with Gasteiger partial charge in [0.25, 0.3) is 11.8 Å². The molecule has 170 valence electrons. The second kappa shape index (κ2) is 8.81. The number of carbonyl (C=O) groups is 2. The zero-order chi connectivity index (χ0) is 22.8. The number of carbonyl (C=O) groups excluding carboxylic acids is 2. The largest absolute Gasteiger partial charge is 0.418 e. The molecule has 12 nitrogen and oxygen atoms in total. The highest BCUT2D eigenvalue weighted by Gasteiger charge is 2.29. The van der Waals surface area contributed by atoms with Gasteiger partial charge in [-0.2, -0.15) is 5.10 Å². The van der Waals surface area contributed by atoms with Crippen molar-refractivity contribution in [1.82, 2.24) is 34.6 Å². The fourth-order valence-corrected chi connectivity index (χ4v) is 3.69. The molecule has 1 aliphatic carbocycles. The molecule has 0 atom stereocenters. The summed E-state index contributed by atoms with van der Waals surface area (Å²) in [5.74, 6) is 0.422. The highest BCUT2D eigenvalue weighted by molar-refractivity contribution is 6.01. The van der Waals surface area contributed by atoms with Crippen LogP contribution in [0.25, 0.3) is 0 Å². The normalized spacial score (nSPS) is 15.4. The molecule has 0 radical (unpaired) electrons. The number of rotatable bonds is 6. The Balaban J connectivity index is 1.35. The molecule has 0 spiro atoms. The van der Waals surface area contributed by atoms with Crippen molar-refractivity contribution in [2.45, 2.75) is 31.6 Å². The Morgan fingerprint density at radius 3 is 2.58 bits per heavy atom. The van der Waals surface area contributed by atoms with Crippen LogP contribution in [-0.2, 0) is 7.05 Å². The molecular weight excluding hydrogens is 426 g/mol. The fourth-order valence-electron chi connectivity index (χ4n) is 3.69. The fraction of sp³-hybridized carbons (Fsp3) is 0.381. The van der Waals surface area contributed by atoms with E-state index in [2.05, 4.69) is 35.7 Å². The molecule has 1 saturated carbocycles. The third kappa shape index (κ3) is 4.59. The topological polar surface area (TPSA) is 140 Å². The van der Waals surface area contributed by atoms with E-state index < -0.39 is 6.09 Å². The summed E-state index contributed by atoms with van der Waals surface area (Å²) in [6.07, 6.45) is 10.8. The SMILES string of the molecule is Cn1ncc(NC(=O)Oc2nc(C3CC3)cnc2Nc2cncnc2)c1C(=O)N1CCCC1. The second-order valence-corrected chi connectivity index (χ2v) is 8.02. The Morgan fingerprint density at radius 2 is 1.85 bits per heavy atom. The molecule has 2 fully saturated rings. The molecule has 3 aromatic rings. The molecule has 12 heteroatoms. The van der Waals surface area contributed by atoms with Crippen LogP contribution in [0.5, 0.6) is 5.88 Å². The van der Waals surface area contributed by atoms with E-state index in [1.165, 1.54) is 17.2 Å². The Bertz CT molecular complexity index is 1170. The van der Waals surface area contributed by atoms with Gasteiger partial charge in [0.2, 0.25) is 0 Å². The number of hydrogen-bond acceptors (Lipinski definition) is 9. The van der Waals surface area contributed by atoms with Crippen molar-refractivity contribution in [3.63, 3.8) is 0 Å². The first-order valence-electron chi connectivity index (χ1n) is 10.8. The van der Waals surface area contributed by atoms with Gasteiger partial charge in [-0.3, -0.25) is 14.8 Å². The summed E-state index contributed by atoms with van der Waals surface area (Å²) in [6.45, 7) is 1.38. The Hall–Kier alpha value is -4.09. The summed E-state index contributed by atoms with van der Waals surface area (Å²) in [7, 11) is 1.66. The van der Waals surface area contributed by atoms with Crippen LogP contribution in [0.2, 0.25) is 0 Å². The Kier molecular flexibility index (Phi) is 5.55. The van der Waals surface area contributed by atoms with E-state index in [1.807, 2.05) is 0 Å². The Morgan fingerprint density at radius 1 is 1.09 bits per heavy atom. The molecule has 2 aliphatic rings. The standard InChI is InChI=1S/C21H23N9O3/c1-29-17(20(31)30-6-2-3-7-30)16(11-25-29)28-21(32)33-19-18(26-14-8-22-12-23-9-14)24-10-15(27-19)13-4-5-13/h8-13H,2-7H2,1H3,(H,24,26)(H,28,32). The average molecular weight is 449 g/mol. The van der Waals surface area contributed by atoms with Crippen molar-refractivity contribution < 1.29 is 14.3 Å². The third-order valence-electron chi connectivity index (χ3n) is 5.54. The van der Waals surface area contributed by atoms with E-state index in [9.17, 15) is 9.59 Å². The van der Waals surface area contributed by atoms with E-state index >= 15 is 0 Å². The highest BCUT2D eigenvalue weighted by atomic mass is 16.6. The summed E-state index contributed by atoms with van der Waals surface area (Å²) < 4.78 is 6.97. The zero-order valence-corrected chi connectivity index (χ0v) is 18.1. The molecule has 33 heavy (non-hydrogen) atoms. The summed E-state index contributed by atoms with van der Waals surface area (Å²) >= 11 is 0. The van der Waals surface area contributed by atoms with Gasteiger partial charge in [0.15, 0.2) is 5.82 Å². The lowest BCUT2D eigenvalue weighted by molar-refractivity contribution is 0.0783. The Labute approximate surface area is 189 Å². The first-order valence-corrected chi connectivity index (χ1v) is 10.8. The average Bonchev–Trinajstić information content (AvgIpc) is 3.39. The van der Waals surface area contributed by atoms with Gasteiger partial charge in [0.05, 0.1) is 41.9 Å². The number of nitrogens with zero attached hydrogens (tertiary/aromatic N) is 7. The monoisotopic (exact) mass is 449 g/mol. The molecular formula is C21H23N9O3. The highest BCUT2D eigenvalue weighted by Crippen LogP contribution is 2.40. The van der Waals surface area contributed by atoms with Gasteiger partial charge in [-0.1, -0.05) is 0 Å². The van der Waals surface area contributed by atoms with Gasteiger partial charge < -0.3 is 15.0 Å². The van der Waals surface area contributed by atoms with Crippen LogP contribution in [0.4, 0.5) is 22.0 Å². The van der Waals surface area contributed by atoms with E-state index in [0.29, 0.717) is 30.4 Å². The number of aromatic nitrogens is 6. The summed E-state index contributed by atoms with van der Waals surface area (Å²) in [5.41, 5.74) is 1.91. The maximum absolute atomic E-state index is 12.9. The number of anilines is 3. The van der Waals surface area contributed by atoms with Crippen LogP contribution < -0.4 is 15.4 Å². The lowest BCUT2D eigenvalue weighted by Crippen LogP contribution is -2.30. The van der Waals surface area contributed by atoms with Crippen molar-refractivity contribution in [2.75, 3.05) is 23.7 Å². The van der Waals surface area contributed by atoms with Gasteiger partial charge in [-0.25, -0.2) is 24.7 Å². The van der Waals surface area contributed by atoms with E-state index in [-0.39, 0.29) is 23.3 Å². The van der Waals surface area contributed by atoms with Crippen LogP contribution in [0.1, 0.15) is 47.8 Å². The van der Waals surface area contributed by atoms with Crippen molar-refractivity contribution in [3.05, 3.63) is 42.5 Å². The number of aryl methyl sites for hydroxylation is 1. The van der Waals surface area contributed by atoms with Crippen LogP contribution in [0, 0.1) is 0 Å². The minimum atomic E-state index is -0.798. The smallest absolute Gasteiger partial charge is 0.387 e. The molecule has 1 aliphatic heterocycles. The van der Waals surface area contributed by atoms with Crippen LogP contribution in [-0.4, -0.2) is 59.7 Å². The number of nitrogens with one attached hydrogen (secondary N) is 2. The molecule has 2 N–H and O–H groups in total. The number of ether oxygens (including phenoxy) is 1. The zero-order valence-electron chi connectivity index (χ0n) is 18.1. The van der Waals surface area contributed by atoms with Gasteiger partial charge in [-0.15, -0.1) is 0 Å². The first kappa shape index (κ1) is 20.8. The number of hydrogen-bond donors (Lipinski definition) is 2. The van der Waals surface area contributed by atoms with Gasteiger partial charge in [0.1, 0.15) is 12.0 Å². The molecule has 4 heterocycles. The van der Waals surface area contributed by atoms with Crippen molar-refractivity contribution in [3.8, 4) is 5.88 Å². The van der Waals surface area contributed by atoms with Crippen molar-refractivity contribution in [1.29, 1.82) is 0 Å². The lowest BCUT2D eigenvalue weighted by Gasteiger charge is -2.16. The second-order valence-electron chi connectivity index (χ2n) is 8.02.